The third kappa shape index (κ3) is 8.35. The Morgan fingerprint density at radius 3 is 2.19 bits per heavy atom. The Morgan fingerprint density at radius 1 is 0.969 bits per heavy atom. The Hall–Kier alpha value is -2.26. The number of ketones is 1. The highest BCUT2D eigenvalue weighted by molar-refractivity contribution is 5.95. The van der Waals surface area contributed by atoms with Crippen LogP contribution >= 0.6 is 24.8 Å². The summed E-state index contributed by atoms with van der Waals surface area (Å²) in [5, 5.41) is 11.0. The lowest BCUT2D eigenvalue weighted by Gasteiger charge is -2.34. The number of hydrogen-bond donors (Lipinski definition) is 0. The van der Waals surface area contributed by atoms with E-state index in [2.05, 4.69) is 9.80 Å². The van der Waals surface area contributed by atoms with Gasteiger partial charge in [0.05, 0.1) is 4.92 Å². The highest BCUT2D eigenvalue weighted by Gasteiger charge is 2.18. The molecule has 1 fully saturated rings. The molecule has 0 atom stereocenters. The summed E-state index contributed by atoms with van der Waals surface area (Å²) in [6.45, 7) is 5.58. The fourth-order valence-corrected chi connectivity index (χ4v) is 3.49. The number of hydrogen-bond acceptors (Lipinski definition) is 6. The van der Waals surface area contributed by atoms with Gasteiger partial charge in [0, 0.05) is 50.8 Å². The molecule has 7 nitrogen and oxygen atoms in total. The van der Waals surface area contributed by atoms with Gasteiger partial charge in [0.1, 0.15) is 12.4 Å². The minimum Gasteiger partial charge on any atom is -0.485 e. The summed E-state index contributed by atoms with van der Waals surface area (Å²) in [7, 11) is 0. The molecule has 10 heteroatoms. The number of rotatable bonds is 10. The molecule has 0 spiro atoms. The largest absolute Gasteiger partial charge is 0.485 e. The van der Waals surface area contributed by atoms with Crippen LogP contribution in [-0.2, 0) is 0 Å². The fraction of sp³-hybridized carbons (Fsp3) is 0.409. The lowest BCUT2D eigenvalue weighted by atomic mass is 10.1. The predicted molar refractivity (Wildman–Crippen MR) is 126 cm³/mol. The number of para-hydroxylation sites is 2. The van der Waals surface area contributed by atoms with E-state index < -0.39 is 4.92 Å². The molecule has 1 heterocycles. The summed E-state index contributed by atoms with van der Waals surface area (Å²) < 4.78 is 18.5. The van der Waals surface area contributed by atoms with Crippen LogP contribution in [0.5, 0.6) is 5.75 Å². The number of benzene rings is 2. The minimum atomic E-state index is -0.436. The molecule has 176 valence electrons. The molecule has 0 amide bonds. The van der Waals surface area contributed by atoms with E-state index in [1.807, 2.05) is 0 Å². The normalized spacial score (nSPS) is 14.2. The maximum Gasteiger partial charge on any atom is 0.310 e. The van der Waals surface area contributed by atoms with Gasteiger partial charge in [0.2, 0.25) is 0 Å². The van der Waals surface area contributed by atoms with Crippen molar-refractivity contribution < 1.29 is 18.8 Å². The van der Waals surface area contributed by atoms with Gasteiger partial charge in [0.25, 0.3) is 0 Å². The Bertz CT molecular complexity index is 863. The fourth-order valence-electron chi connectivity index (χ4n) is 3.49. The van der Waals surface area contributed by atoms with Crippen molar-refractivity contribution in [1.82, 2.24) is 9.80 Å². The highest BCUT2D eigenvalue weighted by atomic mass is 35.5. The molecule has 0 aliphatic carbocycles. The van der Waals surface area contributed by atoms with E-state index >= 15 is 0 Å². The van der Waals surface area contributed by atoms with Crippen molar-refractivity contribution in [3.05, 3.63) is 70.0 Å². The summed E-state index contributed by atoms with van der Waals surface area (Å²) >= 11 is 0. The first kappa shape index (κ1) is 27.8. The molecule has 1 aliphatic rings. The van der Waals surface area contributed by atoms with Crippen molar-refractivity contribution in [2.45, 2.75) is 12.8 Å². The third-order valence-corrected chi connectivity index (χ3v) is 5.24. The quantitative estimate of drug-likeness (QED) is 0.283. The van der Waals surface area contributed by atoms with Gasteiger partial charge in [-0.25, -0.2) is 4.39 Å². The number of Topliss-reactive ketones (excluding diaryl/α,β-unsaturated/α-hetero) is 1. The Labute approximate surface area is 199 Å². The minimum absolute atomic E-state index is 0. The second-order valence-electron chi connectivity index (χ2n) is 7.29. The first-order chi connectivity index (χ1) is 14.5. The van der Waals surface area contributed by atoms with Crippen molar-refractivity contribution in [2.75, 3.05) is 45.9 Å². The monoisotopic (exact) mass is 487 g/mol. The van der Waals surface area contributed by atoms with Crippen molar-refractivity contribution in [3.63, 3.8) is 0 Å². The van der Waals surface area contributed by atoms with Gasteiger partial charge in [-0.05, 0) is 43.3 Å². The van der Waals surface area contributed by atoms with Gasteiger partial charge in [-0.3, -0.25) is 19.8 Å². The number of nitro benzene ring substituents is 1. The second-order valence-corrected chi connectivity index (χ2v) is 7.29. The smallest absolute Gasteiger partial charge is 0.310 e. The topological polar surface area (TPSA) is 75.9 Å². The summed E-state index contributed by atoms with van der Waals surface area (Å²) in [5.74, 6) is 0.00422. The summed E-state index contributed by atoms with van der Waals surface area (Å²) in [4.78, 5) is 27.3. The molecule has 2 aromatic rings. The average Bonchev–Trinajstić information content (AvgIpc) is 2.75. The summed E-state index contributed by atoms with van der Waals surface area (Å²) in [6.07, 6.45) is 1.23. The molecule has 2 aromatic carbocycles. The van der Waals surface area contributed by atoms with Crippen LogP contribution in [0.1, 0.15) is 23.2 Å². The molecule has 1 saturated heterocycles. The molecular formula is C22H28Cl2FN3O4. The van der Waals surface area contributed by atoms with Gasteiger partial charge in [-0.2, -0.15) is 0 Å². The van der Waals surface area contributed by atoms with Gasteiger partial charge in [-0.1, -0.05) is 12.1 Å². The van der Waals surface area contributed by atoms with Crippen LogP contribution in [0.25, 0.3) is 0 Å². The Morgan fingerprint density at radius 2 is 1.56 bits per heavy atom. The standard InChI is InChI=1S/C22H26FN3O4.2ClH/c23-19-9-7-18(8-10-19)21(27)5-3-11-24-12-14-25(15-13-24)16-17-30-22-6-2-1-4-20(22)26(28)29;;/h1-2,4,6-10H,3,5,11-17H2;2*1H. The molecule has 0 bridgehead atoms. The molecule has 3 rings (SSSR count). The van der Waals surface area contributed by atoms with E-state index in [1.54, 1.807) is 18.2 Å². The van der Waals surface area contributed by atoms with Gasteiger partial charge >= 0.3 is 5.69 Å². The molecule has 1 aliphatic heterocycles. The molecular weight excluding hydrogens is 460 g/mol. The maximum absolute atomic E-state index is 12.9. The second kappa shape index (κ2) is 14.0. The molecule has 0 saturated carbocycles. The molecule has 32 heavy (non-hydrogen) atoms. The van der Waals surface area contributed by atoms with Crippen LogP contribution in [-0.4, -0.2) is 66.4 Å². The van der Waals surface area contributed by atoms with Crippen LogP contribution in [0.2, 0.25) is 0 Å². The van der Waals surface area contributed by atoms with E-state index in [4.69, 9.17) is 4.74 Å². The first-order valence-electron chi connectivity index (χ1n) is 10.1. The predicted octanol–water partition coefficient (Wildman–Crippen LogP) is 4.24. The number of nitrogens with zero attached hydrogens (tertiary/aromatic N) is 3. The summed E-state index contributed by atoms with van der Waals surface area (Å²) in [6, 6.07) is 12.1. The Kier molecular flexibility index (Phi) is 12.2. The van der Waals surface area contributed by atoms with E-state index in [1.165, 1.54) is 30.3 Å². The molecule has 0 aromatic heterocycles. The van der Waals surface area contributed by atoms with Crippen molar-refractivity contribution in [1.29, 1.82) is 0 Å². The van der Waals surface area contributed by atoms with Crippen molar-refractivity contribution in [3.8, 4) is 5.75 Å². The van der Waals surface area contributed by atoms with Gasteiger partial charge in [0.15, 0.2) is 11.5 Å². The highest BCUT2D eigenvalue weighted by Crippen LogP contribution is 2.25. The van der Waals surface area contributed by atoms with Gasteiger partial charge < -0.3 is 9.64 Å². The molecule has 0 radical (unpaired) electrons. The maximum atomic E-state index is 12.9. The van der Waals surface area contributed by atoms with E-state index in [0.29, 0.717) is 30.9 Å². The number of nitro groups is 1. The van der Waals surface area contributed by atoms with Crippen LogP contribution in [0, 0.1) is 15.9 Å². The number of carbonyl (C=O) groups is 1. The van der Waals surface area contributed by atoms with Crippen LogP contribution < -0.4 is 4.74 Å². The lowest BCUT2D eigenvalue weighted by Crippen LogP contribution is -2.47. The van der Waals surface area contributed by atoms with Crippen molar-refractivity contribution in [2.24, 2.45) is 0 Å². The number of carbonyl (C=O) groups excluding carboxylic acids is 1. The first-order valence-corrected chi connectivity index (χ1v) is 10.1. The number of ether oxygens (including phenoxy) is 1. The zero-order valence-electron chi connectivity index (χ0n) is 17.7. The zero-order valence-corrected chi connectivity index (χ0v) is 19.3. The van der Waals surface area contributed by atoms with Crippen molar-refractivity contribution >= 4 is 36.3 Å². The average molecular weight is 488 g/mol. The van der Waals surface area contributed by atoms with Crippen LogP contribution in [0.15, 0.2) is 48.5 Å². The third-order valence-electron chi connectivity index (χ3n) is 5.24. The Balaban J connectivity index is 0.00000256. The lowest BCUT2D eigenvalue weighted by molar-refractivity contribution is -0.385. The number of piperazine rings is 1. The van der Waals surface area contributed by atoms with E-state index in [-0.39, 0.29) is 42.1 Å². The van der Waals surface area contributed by atoms with E-state index in [9.17, 15) is 19.3 Å². The van der Waals surface area contributed by atoms with E-state index in [0.717, 1.165) is 39.1 Å². The summed E-state index contributed by atoms with van der Waals surface area (Å²) in [5.41, 5.74) is 0.539. The SMILES string of the molecule is Cl.Cl.O=C(CCCN1CCN(CCOc2ccccc2[N+](=O)[O-])CC1)c1ccc(F)cc1. The molecule has 0 N–H and O–H groups in total. The van der Waals surface area contributed by atoms with Crippen LogP contribution in [0.4, 0.5) is 10.1 Å². The van der Waals surface area contributed by atoms with Crippen LogP contribution in [0.3, 0.4) is 0 Å². The zero-order chi connectivity index (χ0) is 21.3. The van der Waals surface area contributed by atoms with Gasteiger partial charge in [-0.15, -0.1) is 24.8 Å². The number of halogens is 3. The molecule has 0 unspecified atom stereocenters.